The molecule has 0 atom stereocenters. The minimum absolute atomic E-state index is 0. The number of ether oxygens (including phenoxy) is 1. The summed E-state index contributed by atoms with van der Waals surface area (Å²) < 4.78 is 7.12. The number of aromatic nitrogens is 1. The first-order valence-electron chi connectivity index (χ1n) is 10.9. The average Bonchev–Trinajstić information content (AvgIpc) is 3.23. The number of carbonyl (C=O) groups is 1. The zero-order valence-electron chi connectivity index (χ0n) is 18.4. The van der Waals surface area contributed by atoms with Crippen LogP contribution in [0.3, 0.4) is 0 Å². The number of nitrogens with one attached hydrogen (secondary N) is 1. The van der Waals surface area contributed by atoms with Gasteiger partial charge in [-0.15, -0.1) is 0 Å². The van der Waals surface area contributed by atoms with Gasteiger partial charge in [0.25, 0.3) is 0 Å². The highest BCUT2D eigenvalue weighted by Crippen LogP contribution is 2.29. The lowest BCUT2D eigenvalue weighted by Gasteiger charge is -2.15. The summed E-state index contributed by atoms with van der Waals surface area (Å²) in [5, 5.41) is 1.24. The molecule has 5 heteroatoms. The van der Waals surface area contributed by atoms with Gasteiger partial charge in [0.1, 0.15) is 12.2 Å². The van der Waals surface area contributed by atoms with Crippen LogP contribution in [-0.2, 0) is 16.0 Å². The molecule has 166 valence electrons. The van der Waals surface area contributed by atoms with E-state index in [4.69, 9.17) is 4.74 Å². The van der Waals surface area contributed by atoms with Crippen molar-refractivity contribution in [3.8, 4) is 0 Å². The van der Waals surface area contributed by atoms with Gasteiger partial charge in [-0.05, 0) is 28.3 Å². The summed E-state index contributed by atoms with van der Waals surface area (Å²) in [4.78, 5) is 15.8. The highest BCUT2D eigenvalue weighted by molar-refractivity contribution is 6.13. The van der Waals surface area contributed by atoms with Crippen molar-refractivity contribution in [2.75, 3.05) is 20.2 Å². The highest BCUT2D eigenvalue weighted by atomic mass is 79.9. The van der Waals surface area contributed by atoms with Gasteiger partial charge in [0.2, 0.25) is 12.3 Å². The molecule has 0 aliphatic carbocycles. The van der Waals surface area contributed by atoms with Crippen molar-refractivity contribution in [1.29, 1.82) is 0 Å². The predicted octanol–water partition coefficient (Wildman–Crippen LogP) is 1.83. The summed E-state index contributed by atoms with van der Waals surface area (Å²) in [6.07, 6.45) is 3.08. The second kappa shape index (κ2) is 10.0. The lowest BCUT2D eigenvalue weighted by molar-refractivity contribution is -0.518. The Morgan fingerprint density at radius 3 is 2.18 bits per heavy atom. The monoisotopic (exact) mass is 500 g/mol. The van der Waals surface area contributed by atoms with E-state index in [1.807, 2.05) is 18.2 Å². The molecule has 5 rings (SSSR count). The second-order valence-electron chi connectivity index (χ2n) is 7.95. The van der Waals surface area contributed by atoms with Gasteiger partial charge in [-0.1, -0.05) is 78.9 Å². The zero-order chi connectivity index (χ0) is 21.9. The van der Waals surface area contributed by atoms with E-state index in [-0.39, 0.29) is 29.5 Å². The third-order valence-corrected chi connectivity index (χ3v) is 6.04. The number of methoxy groups -OCH3 is 1. The zero-order valence-corrected chi connectivity index (χ0v) is 20.0. The van der Waals surface area contributed by atoms with Gasteiger partial charge in [-0.3, -0.25) is 0 Å². The topological polar surface area (TPSA) is 45.1 Å². The van der Waals surface area contributed by atoms with Gasteiger partial charge < -0.3 is 26.7 Å². The standard InChI is InChI=1S/C28H24N2O2.BrH/c1-32-27(31)19-30-17-16-23-22-14-8-9-15-25(22)29-28(23)26(30)18-24(20-10-4-2-5-11-20)21-12-6-3-7-13-21;/h2-15,18H,16-17,19H2,1H3;1H. The van der Waals surface area contributed by atoms with Crippen LogP contribution in [0.5, 0.6) is 0 Å². The molecule has 1 aliphatic rings. The summed E-state index contributed by atoms with van der Waals surface area (Å²) >= 11 is 0. The van der Waals surface area contributed by atoms with Crippen LogP contribution in [-0.4, -0.2) is 41.4 Å². The lowest BCUT2D eigenvalue weighted by Crippen LogP contribution is -3.00. The molecule has 0 fully saturated rings. The van der Waals surface area contributed by atoms with Gasteiger partial charge in [-0.25, -0.2) is 9.37 Å². The molecule has 4 aromatic rings. The molecule has 0 unspecified atom stereocenters. The van der Waals surface area contributed by atoms with E-state index in [0.29, 0.717) is 0 Å². The van der Waals surface area contributed by atoms with Crippen molar-refractivity contribution < 1.29 is 31.1 Å². The molecular weight excluding hydrogens is 476 g/mol. The molecule has 3 aromatic carbocycles. The number of hydrogen-bond acceptors (Lipinski definition) is 2. The first-order chi connectivity index (χ1) is 15.7. The molecule has 0 amide bonds. The van der Waals surface area contributed by atoms with Crippen molar-refractivity contribution in [2.45, 2.75) is 6.42 Å². The number of hydrogen-bond donors (Lipinski definition) is 1. The van der Waals surface area contributed by atoms with Crippen molar-refractivity contribution in [1.82, 2.24) is 4.98 Å². The fourth-order valence-corrected chi connectivity index (χ4v) is 4.46. The molecule has 1 aromatic heterocycles. The normalized spacial score (nSPS) is 12.6. The molecule has 1 N–H and O–H groups in total. The number of aromatic amines is 1. The fourth-order valence-electron chi connectivity index (χ4n) is 4.46. The maximum Gasteiger partial charge on any atom is 0.371 e. The van der Waals surface area contributed by atoms with Gasteiger partial charge in [0.15, 0.2) is 0 Å². The van der Waals surface area contributed by atoms with E-state index in [1.54, 1.807) is 0 Å². The van der Waals surface area contributed by atoms with Crippen molar-refractivity contribution in [3.05, 3.63) is 113 Å². The third kappa shape index (κ3) is 4.55. The summed E-state index contributed by atoms with van der Waals surface area (Å²) in [6, 6.07) is 29.2. The molecule has 0 saturated heterocycles. The molecule has 0 spiro atoms. The lowest BCUT2D eigenvalue weighted by atomic mass is 9.93. The number of esters is 1. The fraction of sp³-hybridized carbons (Fsp3) is 0.143. The van der Waals surface area contributed by atoms with Gasteiger partial charge in [0.05, 0.1) is 7.11 Å². The van der Waals surface area contributed by atoms with E-state index in [0.717, 1.165) is 46.6 Å². The Hall–Kier alpha value is -3.44. The van der Waals surface area contributed by atoms with Crippen LogP contribution in [0.25, 0.3) is 16.5 Å². The number of benzene rings is 3. The largest absolute Gasteiger partial charge is 1.00 e. The number of halogens is 1. The summed E-state index contributed by atoms with van der Waals surface area (Å²) in [7, 11) is 1.44. The van der Waals surface area contributed by atoms with E-state index < -0.39 is 0 Å². The van der Waals surface area contributed by atoms with Crippen molar-refractivity contribution >= 4 is 28.2 Å². The number of nitrogens with zero attached hydrogens (tertiary/aromatic N) is 1. The first kappa shape index (κ1) is 22.7. The summed E-state index contributed by atoms with van der Waals surface area (Å²) in [5.41, 5.74) is 7.88. The number of H-pyrrole nitrogens is 1. The van der Waals surface area contributed by atoms with Crippen LogP contribution in [0.1, 0.15) is 22.4 Å². The molecule has 1 aliphatic heterocycles. The number of fused-ring (bicyclic) bond motifs is 3. The molecule has 2 heterocycles. The molecule has 33 heavy (non-hydrogen) atoms. The van der Waals surface area contributed by atoms with E-state index >= 15 is 0 Å². The van der Waals surface area contributed by atoms with Crippen molar-refractivity contribution in [2.24, 2.45) is 0 Å². The van der Waals surface area contributed by atoms with Crippen LogP contribution in [0, 0.1) is 0 Å². The SMILES string of the molecule is COC(=O)C[N+]1=C(C=C(c2ccccc2)c2ccccc2)c2[nH]c3ccccc3c2CC1.[Br-]. The number of carbonyl (C=O) groups excluding carboxylic acids is 1. The van der Waals surface area contributed by atoms with E-state index in [2.05, 4.69) is 82.4 Å². The number of rotatable bonds is 5. The Morgan fingerprint density at radius 2 is 1.55 bits per heavy atom. The van der Waals surface area contributed by atoms with Crippen LogP contribution in [0.15, 0.2) is 91.0 Å². The summed E-state index contributed by atoms with van der Waals surface area (Å²) in [6.45, 7) is 0.973. The van der Waals surface area contributed by atoms with E-state index in [1.165, 1.54) is 18.1 Å². The number of para-hydroxylation sites is 1. The maximum absolute atomic E-state index is 12.2. The van der Waals surface area contributed by atoms with Crippen LogP contribution >= 0.6 is 0 Å². The molecule has 0 bridgehead atoms. The molecular formula is C28H25BrN2O2. The Kier molecular flexibility index (Phi) is 6.90. The smallest absolute Gasteiger partial charge is 0.371 e. The van der Waals surface area contributed by atoms with Gasteiger partial charge in [0, 0.05) is 23.4 Å². The molecule has 4 nitrogen and oxygen atoms in total. The minimum atomic E-state index is -0.239. The summed E-state index contributed by atoms with van der Waals surface area (Å²) in [5.74, 6) is -0.239. The Bertz CT molecular complexity index is 1300. The molecule has 0 saturated carbocycles. The minimum Gasteiger partial charge on any atom is -1.00 e. The molecule has 0 radical (unpaired) electrons. The highest BCUT2D eigenvalue weighted by Gasteiger charge is 2.30. The van der Waals surface area contributed by atoms with Crippen LogP contribution in [0.2, 0.25) is 0 Å². The second-order valence-corrected chi connectivity index (χ2v) is 7.95. The average molecular weight is 501 g/mol. The van der Waals surface area contributed by atoms with Crippen LogP contribution < -0.4 is 17.0 Å². The van der Waals surface area contributed by atoms with Crippen LogP contribution in [0.4, 0.5) is 0 Å². The van der Waals surface area contributed by atoms with Crippen molar-refractivity contribution in [3.63, 3.8) is 0 Å². The quantitative estimate of drug-likeness (QED) is 0.335. The van der Waals surface area contributed by atoms with E-state index in [9.17, 15) is 4.79 Å². The van der Waals surface area contributed by atoms with Gasteiger partial charge in [-0.2, -0.15) is 0 Å². The predicted molar refractivity (Wildman–Crippen MR) is 128 cm³/mol. The first-order valence-corrected chi connectivity index (χ1v) is 10.9. The Balaban J connectivity index is 0.00000259. The Morgan fingerprint density at radius 1 is 0.939 bits per heavy atom. The third-order valence-electron chi connectivity index (χ3n) is 6.04. The van der Waals surface area contributed by atoms with Gasteiger partial charge >= 0.3 is 5.97 Å². The Labute approximate surface area is 204 Å². The number of allylic oxidation sites excluding steroid dienone is 1. The maximum atomic E-state index is 12.2.